The molecular weight excluding hydrogens is 486 g/mol. The first-order valence-corrected chi connectivity index (χ1v) is 10.4. The number of rotatable bonds is 2. The highest BCUT2D eigenvalue weighted by Crippen LogP contribution is 2.45. The molecule has 0 radical (unpaired) electrons. The second kappa shape index (κ2) is 7.28. The average molecular weight is 496 g/mol. The maximum absolute atomic E-state index is 13.6. The van der Waals surface area contributed by atoms with Crippen LogP contribution in [0, 0.1) is 0 Å². The van der Waals surface area contributed by atoms with Crippen molar-refractivity contribution in [3.63, 3.8) is 0 Å². The van der Waals surface area contributed by atoms with Gasteiger partial charge in [-0.15, -0.1) is 0 Å². The third-order valence-corrected chi connectivity index (χ3v) is 6.15. The Labute approximate surface area is 195 Å². The van der Waals surface area contributed by atoms with Crippen molar-refractivity contribution in [2.75, 3.05) is 0 Å². The zero-order valence-electron chi connectivity index (χ0n) is 15.6. The van der Waals surface area contributed by atoms with Crippen molar-refractivity contribution in [1.29, 1.82) is 0 Å². The highest BCUT2D eigenvalue weighted by molar-refractivity contribution is 6.40. The second-order valence-electron chi connectivity index (χ2n) is 6.84. The Morgan fingerprint density at radius 2 is 1.45 bits per heavy atom. The lowest BCUT2D eigenvalue weighted by Gasteiger charge is -2.25. The van der Waals surface area contributed by atoms with Crippen LogP contribution in [0.4, 0.5) is 0 Å². The Morgan fingerprint density at radius 3 is 2.06 bits per heavy atom. The maximum Gasteiger partial charge on any atom is 0.362 e. The molecule has 0 saturated carbocycles. The molecule has 1 spiro atoms. The first-order chi connectivity index (χ1) is 14.8. The number of benzene rings is 2. The van der Waals surface area contributed by atoms with E-state index in [1.807, 2.05) is 0 Å². The van der Waals surface area contributed by atoms with Gasteiger partial charge >= 0.3 is 5.79 Å². The summed E-state index contributed by atoms with van der Waals surface area (Å²) in [6.07, 6.45) is 1.46. The van der Waals surface area contributed by atoms with Crippen LogP contribution in [0.2, 0.25) is 20.1 Å². The van der Waals surface area contributed by atoms with Gasteiger partial charge in [-0.25, -0.2) is 0 Å². The quantitative estimate of drug-likeness (QED) is 0.397. The largest absolute Gasteiger partial charge is 0.419 e. The summed E-state index contributed by atoms with van der Waals surface area (Å²) in [6, 6.07) is 9.89. The van der Waals surface area contributed by atoms with Crippen LogP contribution in [0.15, 0.2) is 52.2 Å². The molecule has 156 valence electrons. The first kappa shape index (κ1) is 20.4. The van der Waals surface area contributed by atoms with Crippen molar-refractivity contribution >= 4 is 63.7 Å². The molecule has 2 aliphatic rings. The van der Waals surface area contributed by atoms with Crippen molar-refractivity contribution in [3.8, 4) is 11.3 Å². The van der Waals surface area contributed by atoms with Gasteiger partial charge in [0.25, 0.3) is 11.7 Å². The zero-order valence-corrected chi connectivity index (χ0v) is 18.6. The van der Waals surface area contributed by atoms with Crippen molar-refractivity contribution < 1.29 is 18.9 Å². The lowest BCUT2D eigenvalue weighted by atomic mass is 9.89. The number of oxime groups is 1. The maximum atomic E-state index is 13.6. The number of ether oxygens (including phenoxy) is 1. The highest BCUT2D eigenvalue weighted by Gasteiger charge is 2.54. The summed E-state index contributed by atoms with van der Waals surface area (Å²) < 4.78 is 11.3. The molecule has 2 heterocycles. The van der Waals surface area contributed by atoms with Crippen LogP contribution in [0.5, 0.6) is 0 Å². The van der Waals surface area contributed by atoms with E-state index < -0.39 is 11.6 Å². The van der Waals surface area contributed by atoms with E-state index in [1.165, 1.54) is 6.08 Å². The number of Topliss-reactive ketones (excluding diaryl/α,β-unsaturated/α-hetero) is 1. The summed E-state index contributed by atoms with van der Waals surface area (Å²) >= 11 is 25.2. The Morgan fingerprint density at radius 1 is 0.871 bits per heavy atom. The Hall–Kier alpha value is -2.51. The third-order valence-electron chi connectivity index (χ3n) is 4.89. The second-order valence-corrected chi connectivity index (χ2v) is 8.47. The minimum absolute atomic E-state index is 0.0229. The Kier molecular flexibility index (Phi) is 4.79. The van der Waals surface area contributed by atoms with E-state index in [1.54, 1.807) is 43.3 Å². The SMILES string of the molecule is CC1=CC2(ON=C(c3c(Cl)cccc3Cl)O2)C(=O)c2c(-c3c(Cl)cccc3Cl)noc21. The summed E-state index contributed by atoms with van der Waals surface area (Å²) in [7, 11) is 0. The van der Waals surface area contributed by atoms with Crippen molar-refractivity contribution in [3.05, 3.63) is 79.5 Å². The molecule has 31 heavy (non-hydrogen) atoms. The van der Waals surface area contributed by atoms with Gasteiger partial charge in [0.2, 0.25) is 0 Å². The van der Waals surface area contributed by atoms with Gasteiger partial charge in [0, 0.05) is 11.6 Å². The standard InChI is InChI=1S/C21H10Cl4N2O4/c1-9-8-21(29-20(27-31-21)15-12(24)6-3-7-13(15)25)19(28)16-17(26-30-18(9)16)14-10(22)4-2-5-11(14)23/h2-8H,1H3. The molecule has 0 amide bonds. The third kappa shape index (κ3) is 3.05. The first-order valence-electron chi connectivity index (χ1n) is 8.90. The van der Waals surface area contributed by atoms with E-state index in [2.05, 4.69) is 10.3 Å². The van der Waals surface area contributed by atoms with Crippen LogP contribution in [0.1, 0.15) is 28.6 Å². The molecule has 0 saturated heterocycles. The fraction of sp³-hybridized carbons (Fsp3) is 0.0952. The molecule has 0 fully saturated rings. The molecule has 0 N–H and O–H groups in total. The van der Waals surface area contributed by atoms with Gasteiger partial charge < -0.3 is 14.1 Å². The van der Waals surface area contributed by atoms with E-state index in [-0.39, 0.29) is 22.9 Å². The molecule has 3 aromatic rings. The average Bonchev–Trinajstić information content (AvgIpc) is 3.32. The van der Waals surface area contributed by atoms with Crippen LogP contribution >= 0.6 is 46.4 Å². The number of nitrogens with zero attached hydrogens (tertiary/aromatic N) is 2. The molecule has 5 rings (SSSR count). The summed E-state index contributed by atoms with van der Waals surface area (Å²) in [6.45, 7) is 1.73. The number of fused-ring (bicyclic) bond motifs is 1. The van der Waals surface area contributed by atoms with E-state index in [4.69, 9.17) is 60.5 Å². The molecule has 0 bridgehead atoms. The van der Waals surface area contributed by atoms with Gasteiger partial charge in [0.1, 0.15) is 11.3 Å². The summed E-state index contributed by atoms with van der Waals surface area (Å²) in [5.74, 6) is -2.21. The van der Waals surface area contributed by atoms with Crippen molar-refractivity contribution in [2.45, 2.75) is 12.7 Å². The monoisotopic (exact) mass is 494 g/mol. The predicted octanol–water partition coefficient (Wildman–Crippen LogP) is 6.66. The minimum Gasteiger partial charge on any atom is -0.419 e. The number of hydrogen-bond donors (Lipinski definition) is 0. The van der Waals surface area contributed by atoms with Crippen LogP contribution in [-0.4, -0.2) is 22.6 Å². The topological polar surface area (TPSA) is 73.9 Å². The molecule has 6 nitrogen and oxygen atoms in total. The van der Waals surface area contributed by atoms with Crippen LogP contribution in [-0.2, 0) is 9.57 Å². The Balaban J connectivity index is 1.61. The normalized spacial score (nSPS) is 19.6. The molecular formula is C21H10Cl4N2O4. The number of carbonyl (C=O) groups excluding carboxylic acids is 1. The van der Waals surface area contributed by atoms with E-state index >= 15 is 0 Å². The minimum atomic E-state index is -1.87. The molecule has 1 unspecified atom stereocenters. The molecule has 1 aliphatic heterocycles. The smallest absolute Gasteiger partial charge is 0.362 e. The van der Waals surface area contributed by atoms with Gasteiger partial charge in [0.05, 0.1) is 25.7 Å². The number of ketones is 1. The Bertz CT molecular complexity index is 1290. The zero-order chi connectivity index (χ0) is 21.9. The fourth-order valence-corrected chi connectivity index (χ4v) is 4.62. The summed E-state index contributed by atoms with van der Waals surface area (Å²) in [5, 5.41) is 9.21. The fourth-order valence-electron chi connectivity index (χ4n) is 3.49. The lowest BCUT2D eigenvalue weighted by Crippen LogP contribution is -2.42. The number of aromatic nitrogens is 1. The number of allylic oxidation sites excluding steroid dienone is 1. The van der Waals surface area contributed by atoms with Gasteiger partial charge in [-0.3, -0.25) is 4.79 Å². The van der Waals surface area contributed by atoms with Crippen LogP contribution in [0.3, 0.4) is 0 Å². The summed E-state index contributed by atoms with van der Waals surface area (Å²) in [4.78, 5) is 19.1. The van der Waals surface area contributed by atoms with Crippen molar-refractivity contribution in [2.24, 2.45) is 5.16 Å². The van der Waals surface area contributed by atoms with Gasteiger partial charge in [0.15, 0.2) is 5.76 Å². The highest BCUT2D eigenvalue weighted by atomic mass is 35.5. The van der Waals surface area contributed by atoms with Gasteiger partial charge in [-0.05, 0) is 41.9 Å². The summed E-state index contributed by atoms with van der Waals surface area (Å²) in [5.41, 5.74) is 1.53. The lowest BCUT2D eigenvalue weighted by molar-refractivity contribution is -0.0866. The predicted molar refractivity (Wildman–Crippen MR) is 118 cm³/mol. The molecule has 1 aliphatic carbocycles. The van der Waals surface area contributed by atoms with Crippen molar-refractivity contribution in [1.82, 2.24) is 5.16 Å². The molecule has 1 atom stereocenters. The number of halogens is 4. The van der Waals surface area contributed by atoms with Gasteiger partial charge in [-0.1, -0.05) is 63.7 Å². The van der Waals surface area contributed by atoms with E-state index in [9.17, 15) is 4.79 Å². The molecule has 2 aromatic carbocycles. The van der Waals surface area contributed by atoms with E-state index in [0.29, 0.717) is 36.8 Å². The number of hydrogen-bond acceptors (Lipinski definition) is 6. The molecule has 1 aromatic heterocycles. The van der Waals surface area contributed by atoms with Crippen LogP contribution < -0.4 is 0 Å². The molecule has 10 heteroatoms. The van der Waals surface area contributed by atoms with E-state index in [0.717, 1.165) is 0 Å². The number of carbonyl (C=O) groups is 1. The van der Waals surface area contributed by atoms with Crippen LogP contribution in [0.25, 0.3) is 16.8 Å². The van der Waals surface area contributed by atoms with Gasteiger partial charge in [-0.2, -0.15) is 0 Å².